The van der Waals surface area contributed by atoms with Gasteiger partial charge in [-0.1, -0.05) is 6.07 Å². The second kappa shape index (κ2) is 4.04. The van der Waals surface area contributed by atoms with Crippen molar-refractivity contribution < 1.29 is 5.11 Å². The summed E-state index contributed by atoms with van der Waals surface area (Å²) in [5.41, 5.74) is 6.14. The van der Waals surface area contributed by atoms with Crippen molar-refractivity contribution in [3.05, 3.63) is 34.2 Å². The number of H-pyrrole nitrogens is 1. The summed E-state index contributed by atoms with van der Waals surface area (Å²) < 4.78 is 0. The first-order valence-electron chi connectivity index (χ1n) is 3.79. The maximum Gasteiger partial charge on any atom is 0.248 e. The van der Waals surface area contributed by atoms with E-state index in [-0.39, 0.29) is 18.2 Å². The number of aliphatic hydroxyl groups is 1. The summed E-state index contributed by atoms with van der Waals surface area (Å²) in [5, 5.41) is 8.60. The lowest BCUT2D eigenvalue weighted by Gasteiger charge is -2.08. The van der Waals surface area contributed by atoms with Crippen molar-refractivity contribution in [1.82, 2.24) is 4.98 Å². The Morgan fingerprint density at radius 2 is 2.33 bits per heavy atom. The van der Waals surface area contributed by atoms with Gasteiger partial charge in [-0.25, -0.2) is 0 Å². The minimum Gasteiger partial charge on any atom is -0.396 e. The molecule has 0 radical (unpaired) electrons. The van der Waals surface area contributed by atoms with Crippen LogP contribution in [0.1, 0.15) is 18.2 Å². The number of hydrogen-bond donors (Lipinski definition) is 3. The van der Waals surface area contributed by atoms with E-state index in [9.17, 15) is 4.79 Å². The number of nitrogens with one attached hydrogen (secondary N) is 1. The van der Waals surface area contributed by atoms with Crippen molar-refractivity contribution in [2.24, 2.45) is 5.73 Å². The van der Waals surface area contributed by atoms with Crippen molar-refractivity contribution >= 4 is 0 Å². The Labute approximate surface area is 70.0 Å². The largest absolute Gasteiger partial charge is 0.396 e. The van der Waals surface area contributed by atoms with Crippen molar-refractivity contribution in [1.29, 1.82) is 0 Å². The Morgan fingerprint density at radius 1 is 1.58 bits per heavy atom. The zero-order valence-corrected chi connectivity index (χ0v) is 6.66. The van der Waals surface area contributed by atoms with Crippen LogP contribution in [0.5, 0.6) is 0 Å². The van der Waals surface area contributed by atoms with Crippen LogP contribution in [-0.2, 0) is 0 Å². The lowest BCUT2D eigenvalue weighted by atomic mass is 10.1. The fraction of sp³-hybridized carbons (Fsp3) is 0.375. The molecule has 0 saturated heterocycles. The predicted molar refractivity (Wildman–Crippen MR) is 45.7 cm³/mol. The van der Waals surface area contributed by atoms with Crippen molar-refractivity contribution in [2.45, 2.75) is 12.5 Å². The predicted octanol–water partition coefficient (Wildman–Crippen LogP) is -0.243. The van der Waals surface area contributed by atoms with Crippen LogP contribution in [0.4, 0.5) is 0 Å². The molecule has 1 unspecified atom stereocenters. The normalized spacial score (nSPS) is 12.8. The van der Waals surface area contributed by atoms with Gasteiger partial charge in [-0.15, -0.1) is 0 Å². The minimum absolute atomic E-state index is 0.0259. The van der Waals surface area contributed by atoms with E-state index >= 15 is 0 Å². The van der Waals surface area contributed by atoms with E-state index in [4.69, 9.17) is 10.8 Å². The summed E-state index contributed by atoms with van der Waals surface area (Å²) >= 11 is 0. The Morgan fingerprint density at radius 3 is 2.92 bits per heavy atom. The zero-order valence-electron chi connectivity index (χ0n) is 6.66. The maximum absolute atomic E-state index is 10.8. The van der Waals surface area contributed by atoms with Gasteiger partial charge in [0.05, 0.1) is 0 Å². The van der Waals surface area contributed by atoms with Crippen LogP contribution in [0.15, 0.2) is 23.0 Å². The molecular formula is C8H12N2O2. The molecule has 0 aliphatic carbocycles. The summed E-state index contributed by atoms with van der Waals surface area (Å²) in [6, 6.07) is 4.52. The molecule has 1 atom stereocenters. The second-order valence-corrected chi connectivity index (χ2v) is 2.59. The van der Waals surface area contributed by atoms with E-state index in [1.165, 1.54) is 6.07 Å². The quantitative estimate of drug-likeness (QED) is 0.582. The summed E-state index contributed by atoms with van der Waals surface area (Å²) in [5.74, 6) is 0. The molecule has 0 aliphatic heterocycles. The van der Waals surface area contributed by atoms with E-state index in [0.717, 1.165) is 0 Å². The number of aromatic nitrogens is 1. The Kier molecular flexibility index (Phi) is 3.01. The number of rotatable bonds is 3. The molecule has 0 aromatic carbocycles. The minimum atomic E-state index is -0.288. The van der Waals surface area contributed by atoms with Crippen molar-refractivity contribution in [2.75, 3.05) is 6.61 Å². The van der Waals surface area contributed by atoms with E-state index in [1.54, 1.807) is 12.1 Å². The van der Waals surface area contributed by atoms with Crippen LogP contribution in [0.25, 0.3) is 0 Å². The number of nitrogens with two attached hydrogens (primary N) is 1. The molecule has 0 fully saturated rings. The van der Waals surface area contributed by atoms with Crippen molar-refractivity contribution in [3.8, 4) is 0 Å². The van der Waals surface area contributed by atoms with Gasteiger partial charge in [-0.05, 0) is 12.5 Å². The highest BCUT2D eigenvalue weighted by molar-refractivity contribution is 5.07. The monoisotopic (exact) mass is 168 g/mol. The third kappa shape index (κ3) is 2.18. The van der Waals surface area contributed by atoms with E-state index in [0.29, 0.717) is 12.1 Å². The van der Waals surface area contributed by atoms with Gasteiger partial charge in [0.15, 0.2) is 0 Å². The van der Waals surface area contributed by atoms with Gasteiger partial charge in [0.25, 0.3) is 0 Å². The third-order valence-electron chi connectivity index (χ3n) is 1.63. The molecule has 0 amide bonds. The number of aliphatic hydroxyl groups excluding tert-OH is 1. The first kappa shape index (κ1) is 8.96. The highest BCUT2D eigenvalue weighted by Crippen LogP contribution is 2.07. The van der Waals surface area contributed by atoms with Gasteiger partial charge >= 0.3 is 0 Å². The molecule has 12 heavy (non-hydrogen) atoms. The molecule has 0 spiro atoms. The van der Waals surface area contributed by atoms with Crippen LogP contribution in [0.2, 0.25) is 0 Å². The lowest BCUT2D eigenvalue weighted by Crippen LogP contribution is -2.17. The van der Waals surface area contributed by atoms with E-state index < -0.39 is 0 Å². The van der Waals surface area contributed by atoms with E-state index in [1.807, 2.05) is 0 Å². The number of hydrogen-bond acceptors (Lipinski definition) is 3. The summed E-state index contributed by atoms with van der Waals surface area (Å²) in [6.45, 7) is 0.0259. The molecule has 66 valence electrons. The Bertz CT molecular complexity index is 295. The first-order chi connectivity index (χ1) is 5.74. The fourth-order valence-corrected chi connectivity index (χ4v) is 0.976. The van der Waals surface area contributed by atoms with E-state index in [2.05, 4.69) is 4.98 Å². The standard InChI is InChI=1S/C8H12N2O2/c9-6(4-5-11)7-2-1-3-8(12)10-7/h1-3,6,11H,4-5,9H2,(H,10,12). The second-order valence-electron chi connectivity index (χ2n) is 2.59. The SMILES string of the molecule is NC(CCO)c1cccc(=O)[nH]1. The Balaban J connectivity index is 2.80. The lowest BCUT2D eigenvalue weighted by molar-refractivity contribution is 0.275. The molecule has 4 N–H and O–H groups in total. The average molecular weight is 168 g/mol. The molecule has 0 bridgehead atoms. The number of pyridine rings is 1. The van der Waals surface area contributed by atoms with Gasteiger partial charge in [-0.2, -0.15) is 0 Å². The highest BCUT2D eigenvalue weighted by atomic mass is 16.3. The third-order valence-corrected chi connectivity index (χ3v) is 1.63. The molecule has 1 heterocycles. The summed E-state index contributed by atoms with van der Waals surface area (Å²) in [4.78, 5) is 13.4. The van der Waals surface area contributed by atoms with Crippen LogP contribution in [-0.4, -0.2) is 16.7 Å². The maximum atomic E-state index is 10.8. The van der Waals surface area contributed by atoms with Gasteiger partial charge in [-0.3, -0.25) is 4.79 Å². The topological polar surface area (TPSA) is 79.1 Å². The van der Waals surface area contributed by atoms with Gasteiger partial charge < -0.3 is 15.8 Å². The molecule has 4 nitrogen and oxygen atoms in total. The van der Waals surface area contributed by atoms with Crippen molar-refractivity contribution in [3.63, 3.8) is 0 Å². The summed E-state index contributed by atoms with van der Waals surface area (Å²) in [6.07, 6.45) is 0.458. The first-order valence-corrected chi connectivity index (χ1v) is 3.79. The highest BCUT2D eigenvalue weighted by Gasteiger charge is 2.04. The van der Waals surface area contributed by atoms with Crippen LogP contribution in [0, 0.1) is 0 Å². The fourth-order valence-electron chi connectivity index (χ4n) is 0.976. The smallest absolute Gasteiger partial charge is 0.248 e. The zero-order chi connectivity index (χ0) is 8.97. The number of aromatic amines is 1. The average Bonchev–Trinajstić information content (AvgIpc) is 2.05. The molecule has 4 heteroatoms. The van der Waals surface area contributed by atoms with Crippen LogP contribution in [0.3, 0.4) is 0 Å². The van der Waals surface area contributed by atoms with Gasteiger partial charge in [0, 0.05) is 24.4 Å². The Hall–Kier alpha value is -1.13. The molecule has 1 rings (SSSR count). The molecule has 1 aromatic heterocycles. The van der Waals surface area contributed by atoms with Crippen LogP contribution >= 0.6 is 0 Å². The van der Waals surface area contributed by atoms with Gasteiger partial charge in [0.2, 0.25) is 5.56 Å². The molecule has 0 saturated carbocycles. The molecular weight excluding hydrogens is 156 g/mol. The summed E-state index contributed by atoms with van der Waals surface area (Å²) in [7, 11) is 0. The molecule has 1 aromatic rings. The van der Waals surface area contributed by atoms with Crippen LogP contribution < -0.4 is 11.3 Å². The molecule has 0 aliphatic rings. The van der Waals surface area contributed by atoms with Gasteiger partial charge in [0.1, 0.15) is 0 Å².